The molecule has 0 heterocycles. The lowest BCUT2D eigenvalue weighted by molar-refractivity contribution is 0.0497. The standard InChI is InChI=1S/C17H23FN2O2/c1-11(2)8-15(20-16(21)22-17(3,4)5)12-6-7-13(10-19)14(18)9-12/h6-7,9,11,15H,8H2,1-5H3,(H,20,21)/t15-/m0/s1. The van der Waals surface area contributed by atoms with Gasteiger partial charge in [0.2, 0.25) is 0 Å². The topological polar surface area (TPSA) is 62.1 Å². The SMILES string of the molecule is CC(C)C[C@H](NC(=O)OC(C)(C)C)c1ccc(C#N)c(F)c1. The van der Waals surface area contributed by atoms with Crippen LogP contribution in [0.2, 0.25) is 0 Å². The molecule has 0 radical (unpaired) electrons. The molecule has 0 aromatic heterocycles. The third kappa shape index (κ3) is 5.72. The Labute approximate surface area is 131 Å². The summed E-state index contributed by atoms with van der Waals surface area (Å²) >= 11 is 0. The average molecular weight is 306 g/mol. The molecule has 5 heteroatoms. The Morgan fingerprint density at radius 3 is 2.50 bits per heavy atom. The second-order valence-corrected chi connectivity index (χ2v) is 6.68. The molecule has 0 bridgehead atoms. The summed E-state index contributed by atoms with van der Waals surface area (Å²) in [6, 6.07) is 5.80. The maximum absolute atomic E-state index is 13.8. The first-order valence-corrected chi connectivity index (χ1v) is 7.31. The third-order valence-corrected chi connectivity index (χ3v) is 2.91. The minimum Gasteiger partial charge on any atom is -0.444 e. The van der Waals surface area contributed by atoms with E-state index >= 15 is 0 Å². The van der Waals surface area contributed by atoms with Crippen molar-refractivity contribution in [3.05, 3.63) is 35.1 Å². The predicted octanol–water partition coefficient (Wildman–Crippen LogP) is 4.31. The Balaban J connectivity index is 2.96. The molecule has 120 valence electrons. The molecule has 0 aliphatic carbocycles. The van der Waals surface area contributed by atoms with Crippen LogP contribution in [0, 0.1) is 23.1 Å². The maximum Gasteiger partial charge on any atom is 0.408 e. The van der Waals surface area contributed by atoms with E-state index in [1.807, 2.05) is 13.8 Å². The summed E-state index contributed by atoms with van der Waals surface area (Å²) in [6.45, 7) is 9.38. The van der Waals surface area contributed by atoms with Gasteiger partial charge in [-0.15, -0.1) is 0 Å². The number of ether oxygens (including phenoxy) is 1. The molecule has 1 atom stereocenters. The lowest BCUT2D eigenvalue weighted by Gasteiger charge is -2.25. The molecule has 0 aliphatic heterocycles. The van der Waals surface area contributed by atoms with Gasteiger partial charge in [-0.2, -0.15) is 5.26 Å². The first-order valence-electron chi connectivity index (χ1n) is 7.31. The zero-order valence-electron chi connectivity index (χ0n) is 13.7. The van der Waals surface area contributed by atoms with Crippen molar-refractivity contribution in [2.75, 3.05) is 0 Å². The number of nitriles is 1. The molecule has 0 spiro atoms. The van der Waals surface area contributed by atoms with Gasteiger partial charge in [0.25, 0.3) is 0 Å². The van der Waals surface area contributed by atoms with Crippen LogP contribution in [0.25, 0.3) is 0 Å². The van der Waals surface area contributed by atoms with Crippen LogP contribution in [0.5, 0.6) is 0 Å². The summed E-state index contributed by atoms with van der Waals surface area (Å²) in [4.78, 5) is 12.0. The summed E-state index contributed by atoms with van der Waals surface area (Å²) in [5.74, 6) is -0.279. The highest BCUT2D eigenvalue weighted by atomic mass is 19.1. The van der Waals surface area contributed by atoms with E-state index < -0.39 is 17.5 Å². The Bertz CT molecular complexity index is 571. The molecule has 1 aromatic rings. The molecule has 0 saturated heterocycles. The third-order valence-electron chi connectivity index (χ3n) is 2.91. The average Bonchev–Trinajstić information content (AvgIpc) is 2.35. The van der Waals surface area contributed by atoms with Crippen molar-refractivity contribution in [1.82, 2.24) is 5.32 Å². The molecule has 4 nitrogen and oxygen atoms in total. The molecular formula is C17H23FN2O2. The van der Waals surface area contributed by atoms with E-state index in [4.69, 9.17) is 10.00 Å². The van der Waals surface area contributed by atoms with E-state index in [1.54, 1.807) is 32.9 Å². The molecule has 0 aliphatic rings. The molecule has 22 heavy (non-hydrogen) atoms. The highest BCUT2D eigenvalue weighted by Crippen LogP contribution is 2.24. The van der Waals surface area contributed by atoms with Crippen molar-refractivity contribution < 1.29 is 13.9 Å². The normalized spacial score (nSPS) is 12.6. The molecular weight excluding hydrogens is 283 g/mol. The van der Waals surface area contributed by atoms with Crippen LogP contribution < -0.4 is 5.32 Å². The summed E-state index contributed by atoms with van der Waals surface area (Å²) in [5, 5.41) is 11.6. The van der Waals surface area contributed by atoms with Crippen molar-refractivity contribution in [2.45, 2.75) is 52.7 Å². The van der Waals surface area contributed by atoms with Crippen LogP contribution >= 0.6 is 0 Å². The summed E-state index contributed by atoms with van der Waals surface area (Å²) in [6.07, 6.45) is 0.104. The number of halogens is 1. The molecule has 0 unspecified atom stereocenters. The summed E-state index contributed by atoms with van der Waals surface area (Å²) in [7, 11) is 0. The van der Waals surface area contributed by atoms with E-state index in [9.17, 15) is 9.18 Å². The van der Waals surface area contributed by atoms with Crippen molar-refractivity contribution in [3.63, 3.8) is 0 Å². The summed E-state index contributed by atoms with van der Waals surface area (Å²) < 4.78 is 19.0. The molecule has 1 aromatic carbocycles. The number of alkyl carbamates (subject to hydrolysis) is 1. The van der Waals surface area contributed by atoms with Gasteiger partial charge in [0.1, 0.15) is 17.5 Å². The second-order valence-electron chi connectivity index (χ2n) is 6.68. The Kier molecular flexibility index (Phi) is 5.92. The number of carbonyl (C=O) groups is 1. The van der Waals surface area contributed by atoms with Gasteiger partial charge in [-0.05, 0) is 50.8 Å². The van der Waals surface area contributed by atoms with Crippen LogP contribution in [-0.4, -0.2) is 11.7 Å². The zero-order chi connectivity index (χ0) is 16.9. The van der Waals surface area contributed by atoms with Gasteiger partial charge in [-0.1, -0.05) is 19.9 Å². The Morgan fingerprint density at radius 1 is 1.41 bits per heavy atom. The molecule has 0 fully saturated rings. The maximum atomic E-state index is 13.8. The van der Waals surface area contributed by atoms with E-state index in [1.165, 1.54) is 12.1 Å². The Morgan fingerprint density at radius 2 is 2.05 bits per heavy atom. The number of nitrogens with one attached hydrogen (secondary N) is 1. The number of hydrogen-bond acceptors (Lipinski definition) is 3. The van der Waals surface area contributed by atoms with Crippen LogP contribution in [0.4, 0.5) is 9.18 Å². The molecule has 0 saturated carbocycles. The van der Waals surface area contributed by atoms with Crippen molar-refractivity contribution >= 4 is 6.09 Å². The van der Waals surface area contributed by atoms with Crippen LogP contribution in [0.3, 0.4) is 0 Å². The fourth-order valence-corrected chi connectivity index (χ4v) is 2.04. The predicted molar refractivity (Wildman–Crippen MR) is 82.7 cm³/mol. The first kappa shape index (κ1) is 18.0. The van der Waals surface area contributed by atoms with E-state index in [0.717, 1.165) is 0 Å². The minimum atomic E-state index is -0.595. The Hall–Kier alpha value is -2.09. The smallest absolute Gasteiger partial charge is 0.408 e. The highest BCUT2D eigenvalue weighted by molar-refractivity contribution is 5.68. The van der Waals surface area contributed by atoms with Crippen LogP contribution in [0.15, 0.2) is 18.2 Å². The number of carbonyl (C=O) groups excluding carboxylic acids is 1. The van der Waals surface area contributed by atoms with Crippen LogP contribution in [-0.2, 0) is 4.74 Å². The fraction of sp³-hybridized carbons (Fsp3) is 0.529. The largest absolute Gasteiger partial charge is 0.444 e. The van der Waals surface area contributed by atoms with Crippen molar-refractivity contribution in [1.29, 1.82) is 5.26 Å². The zero-order valence-corrected chi connectivity index (χ0v) is 13.7. The number of hydrogen-bond donors (Lipinski definition) is 1. The summed E-state index contributed by atoms with van der Waals surface area (Å²) in [5.41, 5.74) is 0.0166. The number of benzene rings is 1. The highest BCUT2D eigenvalue weighted by Gasteiger charge is 2.22. The van der Waals surface area contributed by atoms with Gasteiger partial charge < -0.3 is 10.1 Å². The van der Waals surface area contributed by atoms with Gasteiger partial charge in [-0.25, -0.2) is 9.18 Å². The quantitative estimate of drug-likeness (QED) is 0.901. The second kappa shape index (κ2) is 7.26. The van der Waals surface area contributed by atoms with Crippen LogP contribution in [0.1, 0.15) is 58.2 Å². The molecule has 1 amide bonds. The van der Waals surface area contributed by atoms with Gasteiger partial charge >= 0.3 is 6.09 Å². The number of amides is 1. The van der Waals surface area contributed by atoms with Crippen molar-refractivity contribution in [3.8, 4) is 6.07 Å². The lowest BCUT2D eigenvalue weighted by atomic mass is 9.96. The van der Waals surface area contributed by atoms with Crippen molar-refractivity contribution in [2.24, 2.45) is 5.92 Å². The van der Waals surface area contributed by atoms with Gasteiger partial charge in [0, 0.05) is 0 Å². The van der Waals surface area contributed by atoms with Gasteiger partial charge in [0.15, 0.2) is 0 Å². The first-order chi connectivity index (χ1) is 10.1. The van der Waals surface area contributed by atoms with Gasteiger partial charge in [0.05, 0.1) is 11.6 Å². The van der Waals surface area contributed by atoms with Gasteiger partial charge in [-0.3, -0.25) is 0 Å². The number of nitrogens with zero attached hydrogens (tertiary/aromatic N) is 1. The lowest BCUT2D eigenvalue weighted by Crippen LogP contribution is -2.35. The monoisotopic (exact) mass is 306 g/mol. The molecule has 1 N–H and O–H groups in total. The van der Waals surface area contributed by atoms with E-state index in [2.05, 4.69) is 5.32 Å². The van der Waals surface area contributed by atoms with E-state index in [0.29, 0.717) is 17.9 Å². The molecule has 1 rings (SSSR count). The number of rotatable bonds is 4. The van der Waals surface area contributed by atoms with E-state index in [-0.39, 0.29) is 11.6 Å². The fourth-order valence-electron chi connectivity index (χ4n) is 2.04. The minimum absolute atomic E-state index is 0.00989.